The van der Waals surface area contributed by atoms with Gasteiger partial charge in [0.15, 0.2) is 23.6 Å². The van der Waals surface area contributed by atoms with E-state index in [0.717, 1.165) is 17.7 Å². The second-order valence-electron chi connectivity index (χ2n) is 5.48. The highest BCUT2D eigenvalue weighted by molar-refractivity contribution is 5.78. The maximum Gasteiger partial charge on any atom is 0.168 e. The van der Waals surface area contributed by atoms with Gasteiger partial charge < -0.3 is 0 Å². The maximum atomic E-state index is 13.6. The van der Waals surface area contributed by atoms with Crippen molar-refractivity contribution in [1.29, 1.82) is 0 Å². The average molecular weight is 335 g/mol. The SMILES string of the molecule is O=Cc1cc(-c2ccc(F)c(F)c2)n2nc(-c3ccccc3)cc2n1. The van der Waals surface area contributed by atoms with E-state index >= 15 is 0 Å². The fourth-order valence-electron chi connectivity index (χ4n) is 2.67. The third-order valence-electron chi connectivity index (χ3n) is 3.85. The van der Waals surface area contributed by atoms with Gasteiger partial charge in [-0.2, -0.15) is 5.10 Å². The van der Waals surface area contributed by atoms with Crippen LogP contribution in [0.25, 0.3) is 28.2 Å². The van der Waals surface area contributed by atoms with Crippen molar-refractivity contribution in [3.63, 3.8) is 0 Å². The van der Waals surface area contributed by atoms with Gasteiger partial charge >= 0.3 is 0 Å². The van der Waals surface area contributed by atoms with Gasteiger partial charge in [-0.3, -0.25) is 4.79 Å². The second-order valence-corrected chi connectivity index (χ2v) is 5.48. The Hall–Kier alpha value is -3.41. The number of aldehydes is 1. The van der Waals surface area contributed by atoms with E-state index in [4.69, 9.17) is 0 Å². The first-order chi connectivity index (χ1) is 12.2. The van der Waals surface area contributed by atoms with E-state index in [2.05, 4.69) is 10.1 Å². The molecule has 6 heteroatoms. The van der Waals surface area contributed by atoms with E-state index in [9.17, 15) is 13.6 Å². The summed E-state index contributed by atoms with van der Waals surface area (Å²) >= 11 is 0. The summed E-state index contributed by atoms with van der Waals surface area (Å²) < 4.78 is 28.4. The van der Waals surface area contributed by atoms with E-state index in [-0.39, 0.29) is 5.69 Å². The number of rotatable bonds is 3. The number of benzene rings is 2. The van der Waals surface area contributed by atoms with Crippen molar-refractivity contribution < 1.29 is 13.6 Å². The van der Waals surface area contributed by atoms with Gasteiger partial charge in [0.05, 0.1) is 11.4 Å². The molecule has 0 unspecified atom stereocenters. The first-order valence-electron chi connectivity index (χ1n) is 7.52. The quantitative estimate of drug-likeness (QED) is 0.528. The fourth-order valence-corrected chi connectivity index (χ4v) is 2.67. The smallest absolute Gasteiger partial charge is 0.168 e. The van der Waals surface area contributed by atoms with Crippen LogP contribution >= 0.6 is 0 Å². The van der Waals surface area contributed by atoms with E-state index in [1.807, 2.05) is 30.3 Å². The summed E-state index contributed by atoms with van der Waals surface area (Å²) in [6, 6.07) is 16.3. The van der Waals surface area contributed by atoms with Gasteiger partial charge in [-0.15, -0.1) is 0 Å². The zero-order valence-corrected chi connectivity index (χ0v) is 12.9. The molecule has 0 spiro atoms. The lowest BCUT2D eigenvalue weighted by Crippen LogP contribution is -2.00. The van der Waals surface area contributed by atoms with Crippen molar-refractivity contribution in [3.8, 4) is 22.5 Å². The summed E-state index contributed by atoms with van der Waals surface area (Å²) in [6.45, 7) is 0. The van der Waals surface area contributed by atoms with Gasteiger partial charge in [-0.25, -0.2) is 18.3 Å². The molecule has 0 fully saturated rings. The number of carbonyl (C=O) groups excluding carboxylic acids is 1. The lowest BCUT2D eigenvalue weighted by Gasteiger charge is -2.06. The summed E-state index contributed by atoms with van der Waals surface area (Å²) in [5.41, 5.74) is 3.04. The standard InChI is InChI=1S/C19H11F2N3O/c20-15-7-6-13(8-16(15)21)18-9-14(11-25)22-19-10-17(23-24(18)19)12-4-2-1-3-5-12/h1-11H. The van der Waals surface area contributed by atoms with Gasteiger partial charge in [0.25, 0.3) is 0 Å². The molecule has 0 aliphatic heterocycles. The Morgan fingerprint density at radius 3 is 2.40 bits per heavy atom. The molecule has 2 aromatic heterocycles. The highest BCUT2D eigenvalue weighted by atomic mass is 19.2. The minimum Gasteiger partial charge on any atom is -0.296 e. The van der Waals surface area contributed by atoms with Crippen molar-refractivity contribution in [2.75, 3.05) is 0 Å². The number of nitrogens with zero attached hydrogens (tertiary/aromatic N) is 3. The second kappa shape index (κ2) is 5.90. The first-order valence-corrected chi connectivity index (χ1v) is 7.52. The maximum absolute atomic E-state index is 13.6. The predicted octanol–water partition coefficient (Wildman–Crippen LogP) is 4.15. The van der Waals surface area contributed by atoms with E-state index in [1.165, 1.54) is 16.6 Å². The largest absolute Gasteiger partial charge is 0.296 e. The molecule has 0 amide bonds. The molecule has 0 aliphatic carbocycles. The van der Waals surface area contributed by atoms with Gasteiger partial charge in [0.1, 0.15) is 5.69 Å². The average Bonchev–Trinajstić information content (AvgIpc) is 3.08. The van der Waals surface area contributed by atoms with Crippen molar-refractivity contribution in [3.05, 3.63) is 78.0 Å². The molecule has 4 aromatic rings. The van der Waals surface area contributed by atoms with Gasteiger partial charge in [0, 0.05) is 17.2 Å². The zero-order chi connectivity index (χ0) is 17.4. The molecule has 122 valence electrons. The Kier molecular flexibility index (Phi) is 3.57. The molecule has 2 aromatic carbocycles. The molecule has 4 rings (SSSR count). The molecule has 0 radical (unpaired) electrons. The number of fused-ring (bicyclic) bond motifs is 1. The zero-order valence-electron chi connectivity index (χ0n) is 12.9. The van der Waals surface area contributed by atoms with Gasteiger partial charge in [-0.1, -0.05) is 30.3 Å². The van der Waals surface area contributed by atoms with Crippen LogP contribution in [0.2, 0.25) is 0 Å². The van der Waals surface area contributed by atoms with Crippen molar-refractivity contribution >= 4 is 11.9 Å². The summed E-state index contributed by atoms with van der Waals surface area (Å²) in [7, 11) is 0. The lowest BCUT2D eigenvalue weighted by atomic mass is 10.1. The minimum atomic E-state index is -0.967. The van der Waals surface area contributed by atoms with Crippen LogP contribution in [0.4, 0.5) is 8.78 Å². The summed E-state index contributed by atoms with van der Waals surface area (Å²) in [5.74, 6) is -1.90. The summed E-state index contributed by atoms with van der Waals surface area (Å²) in [5, 5.41) is 4.51. The molecule has 2 heterocycles. The minimum absolute atomic E-state index is 0.187. The number of halogens is 2. The predicted molar refractivity (Wildman–Crippen MR) is 89.2 cm³/mol. The molecular formula is C19H11F2N3O. The highest BCUT2D eigenvalue weighted by Gasteiger charge is 2.14. The molecule has 0 saturated carbocycles. The third kappa shape index (κ3) is 2.67. The number of hydrogen-bond acceptors (Lipinski definition) is 3. The first kappa shape index (κ1) is 15.1. The van der Waals surface area contributed by atoms with Crippen LogP contribution in [0, 0.1) is 11.6 Å². The Bertz CT molecular complexity index is 1090. The highest BCUT2D eigenvalue weighted by Crippen LogP contribution is 2.26. The fraction of sp³-hybridized carbons (Fsp3) is 0. The monoisotopic (exact) mass is 335 g/mol. The molecule has 4 nitrogen and oxygen atoms in total. The number of hydrogen-bond donors (Lipinski definition) is 0. The van der Waals surface area contributed by atoms with Crippen LogP contribution in [-0.2, 0) is 0 Å². The normalized spacial score (nSPS) is 11.0. The van der Waals surface area contributed by atoms with Crippen molar-refractivity contribution in [2.45, 2.75) is 0 Å². The molecule has 0 saturated heterocycles. The van der Waals surface area contributed by atoms with Gasteiger partial charge in [-0.05, 0) is 24.3 Å². The van der Waals surface area contributed by atoms with Crippen LogP contribution in [0.1, 0.15) is 10.5 Å². The lowest BCUT2D eigenvalue weighted by molar-refractivity contribution is 0.111. The Labute approximate surface area is 141 Å². The summed E-state index contributed by atoms with van der Waals surface area (Å²) in [4.78, 5) is 15.4. The Balaban J connectivity index is 1.97. The van der Waals surface area contributed by atoms with Crippen LogP contribution in [0.3, 0.4) is 0 Å². The topological polar surface area (TPSA) is 47.3 Å². The molecule has 0 atom stereocenters. The molecule has 0 bridgehead atoms. The van der Waals surface area contributed by atoms with E-state index in [0.29, 0.717) is 28.9 Å². The summed E-state index contributed by atoms with van der Waals surface area (Å²) in [6.07, 6.45) is 0.610. The van der Waals surface area contributed by atoms with Crippen molar-refractivity contribution in [2.24, 2.45) is 0 Å². The third-order valence-corrected chi connectivity index (χ3v) is 3.85. The van der Waals surface area contributed by atoms with Gasteiger partial charge in [0.2, 0.25) is 0 Å². The van der Waals surface area contributed by atoms with Crippen LogP contribution < -0.4 is 0 Å². The van der Waals surface area contributed by atoms with Crippen molar-refractivity contribution in [1.82, 2.24) is 14.6 Å². The molecule has 25 heavy (non-hydrogen) atoms. The molecule has 0 N–H and O–H groups in total. The molecule has 0 aliphatic rings. The van der Waals surface area contributed by atoms with Crippen LogP contribution in [0.15, 0.2) is 60.7 Å². The Morgan fingerprint density at radius 1 is 0.880 bits per heavy atom. The Morgan fingerprint density at radius 2 is 1.68 bits per heavy atom. The van der Waals surface area contributed by atoms with E-state index in [1.54, 1.807) is 6.07 Å². The van der Waals surface area contributed by atoms with Crippen LogP contribution in [0.5, 0.6) is 0 Å². The number of aromatic nitrogens is 3. The van der Waals surface area contributed by atoms with E-state index < -0.39 is 11.6 Å². The number of carbonyl (C=O) groups is 1. The van der Waals surface area contributed by atoms with Crippen LogP contribution in [-0.4, -0.2) is 20.9 Å². The molecular weight excluding hydrogens is 324 g/mol.